The third-order valence-corrected chi connectivity index (χ3v) is 3.10. The fourth-order valence-electron chi connectivity index (χ4n) is 2.31. The van der Waals surface area contributed by atoms with Crippen molar-refractivity contribution in [2.24, 2.45) is 5.73 Å². The van der Waals surface area contributed by atoms with Crippen molar-refractivity contribution < 1.29 is 19.1 Å². The first-order valence-corrected chi connectivity index (χ1v) is 5.60. The molecule has 0 radical (unpaired) electrons. The molecule has 1 amide bonds. The first-order valence-electron chi connectivity index (χ1n) is 5.60. The summed E-state index contributed by atoms with van der Waals surface area (Å²) in [7, 11) is 0. The van der Waals surface area contributed by atoms with E-state index in [4.69, 9.17) is 10.8 Å². The molecule has 5 nitrogen and oxygen atoms in total. The van der Waals surface area contributed by atoms with E-state index in [0.717, 1.165) is 12.5 Å². The largest absolute Gasteiger partial charge is 0.478 e. The zero-order chi connectivity index (χ0) is 13.3. The molecular weight excluding hydrogens is 239 g/mol. The summed E-state index contributed by atoms with van der Waals surface area (Å²) in [5, 5.41) is 9.05. The van der Waals surface area contributed by atoms with Gasteiger partial charge in [0, 0.05) is 6.54 Å². The standard InChI is InChI=1S/C12H13FN2O3/c13-7-3-1-4-8(10(7)12(17)18)15-6-2-5-9(15)11(14)16/h1,3-4,9H,2,5-6H2,(H2,14,16)(H,17,18). The number of primary amides is 1. The second kappa shape index (κ2) is 4.64. The molecule has 1 aromatic rings. The molecule has 1 fully saturated rings. The highest BCUT2D eigenvalue weighted by Gasteiger charge is 2.32. The normalized spacial score (nSPS) is 18.9. The number of anilines is 1. The van der Waals surface area contributed by atoms with Gasteiger partial charge in [-0.2, -0.15) is 0 Å². The molecule has 1 aliphatic heterocycles. The maximum Gasteiger partial charge on any atom is 0.340 e. The van der Waals surface area contributed by atoms with Crippen molar-refractivity contribution in [3.05, 3.63) is 29.6 Å². The number of nitrogens with two attached hydrogens (primary N) is 1. The Bertz CT molecular complexity index is 504. The van der Waals surface area contributed by atoms with E-state index >= 15 is 0 Å². The number of aromatic carboxylic acids is 1. The Morgan fingerprint density at radius 1 is 1.44 bits per heavy atom. The third kappa shape index (κ3) is 2.01. The van der Waals surface area contributed by atoms with Crippen LogP contribution in [0.3, 0.4) is 0 Å². The van der Waals surface area contributed by atoms with Crippen molar-refractivity contribution in [2.75, 3.05) is 11.4 Å². The van der Waals surface area contributed by atoms with Gasteiger partial charge in [0.2, 0.25) is 5.91 Å². The Balaban J connectivity index is 2.48. The molecule has 1 heterocycles. The summed E-state index contributed by atoms with van der Waals surface area (Å²) >= 11 is 0. The van der Waals surface area contributed by atoms with E-state index in [1.54, 1.807) is 4.90 Å². The van der Waals surface area contributed by atoms with Gasteiger partial charge in [0.25, 0.3) is 0 Å². The van der Waals surface area contributed by atoms with Gasteiger partial charge in [-0.25, -0.2) is 9.18 Å². The lowest BCUT2D eigenvalue weighted by atomic mass is 10.1. The zero-order valence-corrected chi connectivity index (χ0v) is 9.60. The molecule has 1 unspecified atom stereocenters. The Kier molecular flexibility index (Phi) is 3.18. The predicted octanol–water partition coefficient (Wildman–Crippen LogP) is 0.978. The van der Waals surface area contributed by atoms with Crippen molar-refractivity contribution >= 4 is 17.6 Å². The fraction of sp³-hybridized carbons (Fsp3) is 0.333. The van der Waals surface area contributed by atoms with E-state index in [2.05, 4.69) is 0 Å². The van der Waals surface area contributed by atoms with Gasteiger partial charge >= 0.3 is 5.97 Å². The number of carboxylic acid groups (broad SMARTS) is 1. The molecule has 0 spiro atoms. The van der Waals surface area contributed by atoms with E-state index in [9.17, 15) is 14.0 Å². The van der Waals surface area contributed by atoms with Gasteiger partial charge in [0.15, 0.2) is 0 Å². The number of benzene rings is 1. The molecule has 18 heavy (non-hydrogen) atoms. The predicted molar refractivity (Wildman–Crippen MR) is 62.9 cm³/mol. The number of hydrogen-bond donors (Lipinski definition) is 2. The van der Waals surface area contributed by atoms with Crippen LogP contribution in [0.2, 0.25) is 0 Å². The molecule has 1 atom stereocenters. The first-order chi connectivity index (χ1) is 8.52. The van der Waals surface area contributed by atoms with Gasteiger partial charge in [0.1, 0.15) is 17.4 Å². The van der Waals surface area contributed by atoms with Gasteiger partial charge in [-0.05, 0) is 25.0 Å². The molecule has 1 aliphatic rings. The van der Waals surface area contributed by atoms with Crippen LogP contribution in [0.1, 0.15) is 23.2 Å². The summed E-state index contributed by atoms with van der Waals surface area (Å²) in [4.78, 5) is 23.9. The molecule has 2 rings (SSSR count). The van der Waals surface area contributed by atoms with Crippen LogP contribution in [0.25, 0.3) is 0 Å². The van der Waals surface area contributed by atoms with Crippen molar-refractivity contribution in [1.82, 2.24) is 0 Å². The number of rotatable bonds is 3. The molecule has 0 aliphatic carbocycles. The minimum Gasteiger partial charge on any atom is -0.478 e. The maximum absolute atomic E-state index is 13.6. The van der Waals surface area contributed by atoms with Gasteiger partial charge in [0.05, 0.1) is 5.69 Å². The number of carbonyl (C=O) groups is 2. The Hall–Kier alpha value is -2.11. The summed E-state index contributed by atoms with van der Waals surface area (Å²) in [5.41, 5.74) is 5.07. The first kappa shape index (κ1) is 12.3. The topological polar surface area (TPSA) is 83.6 Å². The van der Waals surface area contributed by atoms with Crippen LogP contribution in [0.15, 0.2) is 18.2 Å². The van der Waals surface area contributed by atoms with Crippen molar-refractivity contribution in [1.29, 1.82) is 0 Å². The second-order valence-corrected chi connectivity index (χ2v) is 4.19. The number of hydrogen-bond acceptors (Lipinski definition) is 3. The van der Waals surface area contributed by atoms with E-state index in [1.165, 1.54) is 12.1 Å². The van der Waals surface area contributed by atoms with E-state index in [1.807, 2.05) is 0 Å². The van der Waals surface area contributed by atoms with Gasteiger partial charge in [-0.3, -0.25) is 4.79 Å². The highest BCUT2D eigenvalue weighted by Crippen LogP contribution is 2.30. The van der Waals surface area contributed by atoms with Crippen molar-refractivity contribution in [3.8, 4) is 0 Å². The van der Waals surface area contributed by atoms with Crippen LogP contribution in [0.5, 0.6) is 0 Å². The Morgan fingerprint density at radius 2 is 2.17 bits per heavy atom. The zero-order valence-electron chi connectivity index (χ0n) is 9.60. The molecule has 6 heteroatoms. The summed E-state index contributed by atoms with van der Waals surface area (Å²) in [6, 6.07) is 3.44. The number of carbonyl (C=O) groups excluding carboxylic acids is 1. The molecular formula is C12H13FN2O3. The number of nitrogens with zero attached hydrogens (tertiary/aromatic N) is 1. The highest BCUT2D eigenvalue weighted by atomic mass is 19.1. The molecule has 0 bridgehead atoms. The average Bonchev–Trinajstić information content (AvgIpc) is 2.76. The van der Waals surface area contributed by atoms with Gasteiger partial charge in [-0.15, -0.1) is 0 Å². The average molecular weight is 252 g/mol. The van der Waals surface area contributed by atoms with Crippen LogP contribution in [0.4, 0.5) is 10.1 Å². The SMILES string of the molecule is NC(=O)C1CCCN1c1cccc(F)c1C(=O)O. The molecule has 96 valence electrons. The Morgan fingerprint density at radius 3 is 2.78 bits per heavy atom. The monoisotopic (exact) mass is 252 g/mol. The quantitative estimate of drug-likeness (QED) is 0.839. The summed E-state index contributed by atoms with van der Waals surface area (Å²) < 4.78 is 13.6. The van der Waals surface area contributed by atoms with Crippen LogP contribution in [-0.4, -0.2) is 29.6 Å². The summed E-state index contributed by atoms with van der Waals surface area (Å²) in [6.45, 7) is 0.497. The number of halogens is 1. The van der Waals surface area contributed by atoms with Crippen LogP contribution < -0.4 is 10.6 Å². The van der Waals surface area contributed by atoms with Gasteiger partial charge in [-0.1, -0.05) is 6.07 Å². The number of amides is 1. The van der Waals surface area contributed by atoms with Crippen LogP contribution in [-0.2, 0) is 4.79 Å². The lowest BCUT2D eigenvalue weighted by Crippen LogP contribution is -2.41. The number of carboxylic acids is 1. The minimum absolute atomic E-state index is 0.212. The maximum atomic E-state index is 13.6. The fourth-order valence-corrected chi connectivity index (χ4v) is 2.31. The summed E-state index contributed by atoms with van der Waals surface area (Å²) in [5.74, 6) is -2.68. The van der Waals surface area contributed by atoms with Crippen molar-refractivity contribution in [3.63, 3.8) is 0 Å². The smallest absolute Gasteiger partial charge is 0.340 e. The lowest BCUT2D eigenvalue weighted by Gasteiger charge is -2.25. The van der Waals surface area contributed by atoms with E-state index in [-0.39, 0.29) is 5.69 Å². The van der Waals surface area contributed by atoms with Crippen LogP contribution >= 0.6 is 0 Å². The van der Waals surface area contributed by atoms with Crippen LogP contribution in [0, 0.1) is 5.82 Å². The minimum atomic E-state index is -1.35. The third-order valence-electron chi connectivity index (χ3n) is 3.10. The van der Waals surface area contributed by atoms with E-state index < -0.39 is 29.3 Å². The molecule has 0 aromatic heterocycles. The lowest BCUT2D eigenvalue weighted by molar-refractivity contribution is -0.119. The molecule has 0 saturated carbocycles. The Labute approximate surface area is 103 Å². The molecule has 3 N–H and O–H groups in total. The molecule has 1 aromatic carbocycles. The van der Waals surface area contributed by atoms with Gasteiger partial charge < -0.3 is 15.7 Å². The second-order valence-electron chi connectivity index (χ2n) is 4.19. The summed E-state index contributed by atoms with van der Waals surface area (Å²) in [6.07, 6.45) is 1.29. The highest BCUT2D eigenvalue weighted by molar-refractivity contribution is 5.96. The van der Waals surface area contributed by atoms with E-state index in [0.29, 0.717) is 13.0 Å². The molecule has 1 saturated heterocycles. The van der Waals surface area contributed by atoms with Crippen molar-refractivity contribution in [2.45, 2.75) is 18.9 Å².